The van der Waals surface area contributed by atoms with E-state index in [9.17, 15) is 4.39 Å². The summed E-state index contributed by atoms with van der Waals surface area (Å²) in [5.41, 5.74) is 1.02. The molecule has 1 aliphatic rings. The first-order valence-electron chi connectivity index (χ1n) is 4.03. The molecule has 12 heavy (non-hydrogen) atoms. The molecule has 0 bridgehead atoms. The summed E-state index contributed by atoms with van der Waals surface area (Å²) in [5.74, 6) is -0.127. The lowest BCUT2D eigenvalue weighted by atomic mass is 9.99. The normalized spacial score (nSPS) is 27.2. The molecule has 1 aromatic rings. The van der Waals surface area contributed by atoms with Gasteiger partial charge in [-0.1, -0.05) is 18.2 Å². The van der Waals surface area contributed by atoms with Crippen LogP contribution in [0.3, 0.4) is 0 Å². The molecule has 1 saturated heterocycles. The number of ether oxygens (including phenoxy) is 1. The molecule has 1 unspecified atom stereocenters. The molecule has 0 saturated carbocycles. The van der Waals surface area contributed by atoms with Gasteiger partial charge in [-0.2, -0.15) is 0 Å². The first-order valence-corrected chi connectivity index (χ1v) is 4.03. The molecular formula is C10H11FO. The summed E-state index contributed by atoms with van der Waals surface area (Å²) >= 11 is 0. The summed E-state index contributed by atoms with van der Waals surface area (Å²) in [6, 6.07) is 5.42. The van der Waals surface area contributed by atoms with Crippen molar-refractivity contribution in [2.45, 2.75) is 19.4 Å². The molecule has 1 fully saturated rings. The fourth-order valence-corrected chi connectivity index (χ4v) is 1.32. The second-order valence-electron chi connectivity index (χ2n) is 3.46. The average Bonchev–Trinajstić information content (AvgIpc) is 2.75. The summed E-state index contributed by atoms with van der Waals surface area (Å²) in [6.45, 7) is 4.31. The molecule has 1 atom stereocenters. The van der Waals surface area contributed by atoms with Gasteiger partial charge in [0, 0.05) is 5.56 Å². The van der Waals surface area contributed by atoms with Crippen molar-refractivity contribution in [3.05, 3.63) is 35.1 Å². The predicted octanol–water partition coefficient (Wildman–Crippen LogP) is 2.38. The molecular weight excluding hydrogens is 155 g/mol. The van der Waals surface area contributed by atoms with Gasteiger partial charge in [0.15, 0.2) is 0 Å². The summed E-state index contributed by atoms with van der Waals surface area (Å²) in [7, 11) is 0. The Labute approximate surface area is 71.2 Å². The van der Waals surface area contributed by atoms with E-state index in [1.165, 1.54) is 0 Å². The Kier molecular flexibility index (Phi) is 1.48. The monoisotopic (exact) mass is 166 g/mol. The van der Waals surface area contributed by atoms with Crippen LogP contribution in [0.5, 0.6) is 0 Å². The third-order valence-corrected chi connectivity index (χ3v) is 2.34. The lowest BCUT2D eigenvalue weighted by Crippen LogP contribution is -2.06. The van der Waals surface area contributed by atoms with Crippen LogP contribution in [0, 0.1) is 12.7 Å². The molecule has 0 N–H and O–H groups in total. The highest BCUT2D eigenvalue weighted by atomic mass is 19.1. The maximum Gasteiger partial charge on any atom is 0.132 e. The number of benzene rings is 1. The number of hydrogen-bond acceptors (Lipinski definition) is 1. The standard InChI is InChI=1S/C10H11FO/c1-7-4-3-5-8(9(7)11)10(2)6-12-10/h3-5H,6H2,1-2H3. The minimum atomic E-state index is -0.351. The molecule has 1 aliphatic heterocycles. The smallest absolute Gasteiger partial charge is 0.132 e. The van der Waals surface area contributed by atoms with Crippen LogP contribution in [-0.2, 0) is 10.3 Å². The average molecular weight is 166 g/mol. The second kappa shape index (κ2) is 2.30. The summed E-state index contributed by atoms with van der Waals surface area (Å²) in [5, 5.41) is 0. The maximum absolute atomic E-state index is 13.5. The zero-order chi connectivity index (χ0) is 8.77. The molecule has 0 radical (unpaired) electrons. The molecule has 2 heteroatoms. The van der Waals surface area contributed by atoms with Gasteiger partial charge < -0.3 is 4.74 Å². The molecule has 1 aromatic carbocycles. The van der Waals surface area contributed by atoms with Crippen molar-refractivity contribution >= 4 is 0 Å². The molecule has 0 amide bonds. The van der Waals surface area contributed by atoms with E-state index in [0.29, 0.717) is 17.7 Å². The van der Waals surface area contributed by atoms with Crippen LogP contribution in [0.2, 0.25) is 0 Å². The van der Waals surface area contributed by atoms with Crippen LogP contribution >= 0.6 is 0 Å². The van der Waals surface area contributed by atoms with Gasteiger partial charge in [0.1, 0.15) is 11.4 Å². The SMILES string of the molecule is Cc1cccc(C2(C)CO2)c1F. The molecule has 0 spiro atoms. The van der Waals surface area contributed by atoms with Gasteiger partial charge in [-0.25, -0.2) is 4.39 Å². The lowest BCUT2D eigenvalue weighted by molar-refractivity contribution is 0.321. The summed E-state index contributed by atoms with van der Waals surface area (Å²) < 4.78 is 18.6. The summed E-state index contributed by atoms with van der Waals surface area (Å²) in [6.07, 6.45) is 0. The van der Waals surface area contributed by atoms with E-state index in [1.54, 1.807) is 19.1 Å². The zero-order valence-electron chi connectivity index (χ0n) is 7.23. The first kappa shape index (κ1) is 7.74. The minimum absolute atomic E-state index is 0.127. The van der Waals surface area contributed by atoms with Crippen LogP contribution in [0.25, 0.3) is 0 Å². The number of halogens is 1. The van der Waals surface area contributed by atoms with Gasteiger partial charge in [-0.15, -0.1) is 0 Å². The molecule has 1 nitrogen and oxygen atoms in total. The van der Waals surface area contributed by atoms with Crippen LogP contribution in [0.15, 0.2) is 18.2 Å². The van der Waals surface area contributed by atoms with Crippen molar-refractivity contribution < 1.29 is 9.13 Å². The Morgan fingerprint density at radius 2 is 2.17 bits per heavy atom. The first-order chi connectivity index (χ1) is 5.63. The Hall–Kier alpha value is -0.890. The lowest BCUT2D eigenvalue weighted by Gasteiger charge is -2.07. The second-order valence-corrected chi connectivity index (χ2v) is 3.46. The van der Waals surface area contributed by atoms with E-state index in [-0.39, 0.29) is 11.4 Å². The number of rotatable bonds is 1. The van der Waals surface area contributed by atoms with Crippen molar-refractivity contribution in [2.24, 2.45) is 0 Å². The largest absolute Gasteiger partial charge is 0.365 e. The zero-order valence-corrected chi connectivity index (χ0v) is 7.23. The van der Waals surface area contributed by atoms with Crippen LogP contribution in [0.1, 0.15) is 18.1 Å². The summed E-state index contributed by atoms with van der Waals surface area (Å²) in [4.78, 5) is 0. The van der Waals surface area contributed by atoms with Crippen molar-refractivity contribution in [1.82, 2.24) is 0 Å². The fourth-order valence-electron chi connectivity index (χ4n) is 1.32. The van der Waals surface area contributed by atoms with E-state index in [0.717, 1.165) is 0 Å². The topological polar surface area (TPSA) is 12.5 Å². The van der Waals surface area contributed by atoms with E-state index < -0.39 is 0 Å². The van der Waals surface area contributed by atoms with E-state index in [4.69, 9.17) is 4.74 Å². The highest BCUT2D eigenvalue weighted by Crippen LogP contribution is 2.39. The predicted molar refractivity (Wildman–Crippen MR) is 44.4 cm³/mol. The Morgan fingerprint density at radius 3 is 2.75 bits per heavy atom. The minimum Gasteiger partial charge on any atom is -0.365 e. The Bertz CT molecular complexity index is 316. The van der Waals surface area contributed by atoms with E-state index >= 15 is 0 Å². The van der Waals surface area contributed by atoms with E-state index in [1.807, 2.05) is 13.0 Å². The highest BCUT2D eigenvalue weighted by molar-refractivity contribution is 5.31. The van der Waals surface area contributed by atoms with E-state index in [2.05, 4.69) is 0 Å². The molecule has 2 rings (SSSR count). The van der Waals surface area contributed by atoms with Crippen molar-refractivity contribution in [3.63, 3.8) is 0 Å². The van der Waals surface area contributed by atoms with Gasteiger partial charge in [0.05, 0.1) is 6.61 Å². The number of epoxide rings is 1. The highest BCUT2D eigenvalue weighted by Gasteiger charge is 2.43. The molecule has 0 aliphatic carbocycles. The van der Waals surface area contributed by atoms with Crippen molar-refractivity contribution in [2.75, 3.05) is 6.61 Å². The number of hydrogen-bond donors (Lipinski definition) is 0. The van der Waals surface area contributed by atoms with Gasteiger partial charge in [-0.3, -0.25) is 0 Å². The van der Waals surface area contributed by atoms with Gasteiger partial charge in [-0.05, 0) is 19.4 Å². The Balaban J connectivity index is 2.51. The van der Waals surface area contributed by atoms with Gasteiger partial charge in [0.25, 0.3) is 0 Å². The van der Waals surface area contributed by atoms with Crippen LogP contribution in [0.4, 0.5) is 4.39 Å². The van der Waals surface area contributed by atoms with Crippen molar-refractivity contribution in [3.8, 4) is 0 Å². The van der Waals surface area contributed by atoms with Crippen LogP contribution in [-0.4, -0.2) is 6.61 Å². The molecule has 64 valence electrons. The fraction of sp³-hybridized carbons (Fsp3) is 0.400. The number of aryl methyl sites for hydroxylation is 1. The maximum atomic E-state index is 13.5. The molecule has 1 heterocycles. The van der Waals surface area contributed by atoms with Crippen LogP contribution < -0.4 is 0 Å². The van der Waals surface area contributed by atoms with Gasteiger partial charge in [0.2, 0.25) is 0 Å². The quantitative estimate of drug-likeness (QED) is 0.583. The van der Waals surface area contributed by atoms with Gasteiger partial charge >= 0.3 is 0 Å². The van der Waals surface area contributed by atoms with Crippen molar-refractivity contribution in [1.29, 1.82) is 0 Å². The third-order valence-electron chi connectivity index (χ3n) is 2.34. The third kappa shape index (κ3) is 1.03. The Morgan fingerprint density at radius 1 is 1.50 bits per heavy atom. The molecule has 0 aromatic heterocycles.